The average Bonchev–Trinajstić information content (AvgIpc) is 1.34. The first-order chi connectivity index (χ1) is 53.3. The molecule has 1 aliphatic heterocycles. The molecule has 0 aliphatic carbocycles. The number of anilines is 4. The molecule has 116 heavy (non-hydrogen) atoms. The van der Waals surface area contributed by atoms with E-state index in [4.69, 9.17) is 0 Å². The van der Waals surface area contributed by atoms with Gasteiger partial charge < -0.3 is 60.9 Å². The van der Waals surface area contributed by atoms with E-state index in [1.54, 1.807) is 48.5 Å². The molecule has 8 N–H and O–H groups in total. The quantitative estimate of drug-likeness (QED) is 0.0379. The minimum absolute atomic E-state index is 0.00251. The maximum absolute atomic E-state index is 15.2. The van der Waals surface area contributed by atoms with E-state index in [-0.39, 0.29) is 76.3 Å². The van der Waals surface area contributed by atoms with Gasteiger partial charge in [-0.15, -0.1) is 0 Å². The van der Waals surface area contributed by atoms with Crippen LogP contribution in [0.1, 0.15) is 164 Å². The summed E-state index contributed by atoms with van der Waals surface area (Å²) in [6.45, 7) is 22.6. The predicted molar refractivity (Wildman–Crippen MR) is 405 cm³/mol. The lowest BCUT2D eigenvalue weighted by Gasteiger charge is -2.32. The van der Waals surface area contributed by atoms with Crippen LogP contribution in [0.15, 0.2) is 122 Å². The maximum Gasteiger partial charge on any atom is 0.408 e. The molecule has 8 amide bonds. The fourth-order valence-corrected chi connectivity index (χ4v) is 11.7. The first-order valence-corrected chi connectivity index (χ1v) is 35.4. The number of rotatable bonds is 18. The van der Waals surface area contributed by atoms with Crippen molar-refractivity contribution < 1.29 is 109 Å². The molecule has 5 aromatic carbocycles. The van der Waals surface area contributed by atoms with Crippen molar-refractivity contribution in [2.45, 2.75) is 156 Å². The van der Waals surface area contributed by atoms with Crippen molar-refractivity contribution in [2.24, 2.45) is 21.1 Å². The van der Waals surface area contributed by atoms with Crippen LogP contribution in [0.4, 0.5) is 88.6 Å². The molecular weight excluding hydrogens is 1560 g/mol. The molecule has 35 heteroatoms. The van der Waals surface area contributed by atoms with Gasteiger partial charge in [0.15, 0.2) is 0 Å². The van der Waals surface area contributed by atoms with Gasteiger partial charge in [0.05, 0.1) is 22.8 Å². The number of benzene rings is 5. The molecule has 8 aromatic rings. The highest BCUT2D eigenvalue weighted by Crippen LogP contribution is 2.40. The van der Waals surface area contributed by atoms with Crippen LogP contribution in [-0.4, -0.2) is 113 Å². The molecule has 1 atom stereocenters. The number of piperidine rings is 1. The van der Waals surface area contributed by atoms with E-state index >= 15 is 8.78 Å². The lowest BCUT2D eigenvalue weighted by atomic mass is 9.96. The Bertz CT molecular complexity index is 5040. The lowest BCUT2D eigenvalue weighted by molar-refractivity contribution is -0.169. The fourth-order valence-electron chi connectivity index (χ4n) is 11.7. The fraction of sp³-hybridized carbons (Fsp3) is 0.358. The van der Waals surface area contributed by atoms with Crippen molar-refractivity contribution in [1.82, 2.24) is 34.6 Å². The Labute approximate surface area is 658 Å². The van der Waals surface area contributed by atoms with Gasteiger partial charge >= 0.3 is 29.9 Å². The van der Waals surface area contributed by atoms with Crippen LogP contribution in [0.2, 0.25) is 0 Å². The van der Waals surface area contributed by atoms with Crippen molar-refractivity contribution in [1.29, 1.82) is 0 Å². The minimum atomic E-state index is -4.92. The zero-order valence-corrected chi connectivity index (χ0v) is 65.9. The number of hydrogen-bond donors (Lipinski definition) is 8. The van der Waals surface area contributed by atoms with Gasteiger partial charge in [-0.3, -0.25) is 38.4 Å². The number of aromatic nitrogens is 3. The zero-order chi connectivity index (χ0) is 87.8. The molecule has 4 heterocycles. The number of alkyl halides is 11. The standard InChI is InChI=1S/C23H23F3N2O3.2C20H24F3N3O2.C18H17F6N3O2/c1-3-15-4-5-16(21(30)27-17-6-7-20(24)14(2)12-17)13-19(15)23(25,26)22(31)28-10-8-18(29)9-11-28;1-11-9-13(7-8-15(11)21)24-17(27)14-10-26(6)16(12(14)2)20(22,23)18(28)25-19(3,4)5;1-11-9-13(7-8-14(11)21)24-17(27)15-12(2)10-26(6)16(15)20(22,23)18(28)25-19(3,4)5;1-9-8-11(4-5-13(9)19)26-15(28)12-6-7-27(3)14(12)17(20,21)16(29)25-10(2)18(22,23)24/h3-7,12-13,18,29H,1,8-11H2,2H3,(H,27,30);2*7-10H,1-6H3,(H,24,27)(H,25,28);4-8,10H,1-3H3,(H,25,29)(H,26,28). The third-order valence-electron chi connectivity index (χ3n) is 17.7. The summed E-state index contributed by atoms with van der Waals surface area (Å²) in [4.78, 5) is 100. The van der Waals surface area contributed by atoms with E-state index in [2.05, 4.69) is 38.5 Å². The third-order valence-corrected chi connectivity index (χ3v) is 17.7. The summed E-state index contributed by atoms with van der Waals surface area (Å²) < 4.78 is 213. The van der Waals surface area contributed by atoms with E-state index in [0.29, 0.717) is 35.0 Å². The van der Waals surface area contributed by atoms with Crippen molar-refractivity contribution in [3.05, 3.63) is 229 Å². The summed E-state index contributed by atoms with van der Waals surface area (Å²) >= 11 is 0. The second-order valence-corrected chi connectivity index (χ2v) is 29.6. The molecule has 3 aromatic heterocycles. The summed E-state index contributed by atoms with van der Waals surface area (Å²) in [5.41, 5.74) is -3.15. The molecule has 1 unspecified atom stereocenters. The molecule has 0 spiro atoms. The molecule has 20 nitrogen and oxygen atoms in total. The molecule has 1 saturated heterocycles. The number of amides is 8. The average molecular weight is 1640 g/mol. The number of aliphatic hydroxyl groups excluding tert-OH is 1. The van der Waals surface area contributed by atoms with Crippen LogP contribution < -0.4 is 37.2 Å². The number of halogens is 15. The SMILES string of the molecule is C=Cc1ccc(C(=O)Nc2ccc(F)c(C)c2)cc1C(F)(F)C(=O)N1CCC(O)CC1.Cc1cc(NC(=O)c2c(C)cn(C)c2C(F)(F)C(=O)NC(C)(C)C)ccc1F.Cc1cc(NC(=O)c2ccn(C)c2C(F)(F)C(=O)NC(C)C(F)(F)F)ccc1F.Cc1cc(NC(=O)c2cn(C)c(C(F)(F)C(=O)NC(C)(C)C)c2C)ccc1F. The van der Waals surface area contributed by atoms with Gasteiger partial charge in [0.2, 0.25) is 0 Å². The second kappa shape index (κ2) is 36.4. The monoisotopic (exact) mass is 1640 g/mol. The van der Waals surface area contributed by atoms with Crippen molar-refractivity contribution in [3.63, 3.8) is 0 Å². The summed E-state index contributed by atoms with van der Waals surface area (Å²) in [5.74, 6) is -27.5. The summed E-state index contributed by atoms with van der Waals surface area (Å²) in [6.07, 6.45) is -0.196. The molecule has 0 radical (unpaired) electrons. The van der Waals surface area contributed by atoms with Gasteiger partial charge in [0.1, 0.15) is 46.4 Å². The summed E-state index contributed by atoms with van der Waals surface area (Å²) in [7, 11) is 3.81. The maximum atomic E-state index is 15.2. The molecule has 9 rings (SSSR count). The van der Waals surface area contributed by atoms with Crippen LogP contribution in [-0.2, 0) is 64.0 Å². The first kappa shape index (κ1) is 93.2. The second-order valence-electron chi connectivity index (χ2n) is 29.6. The van der Waals surface area contributed by atoms with Gasteiger partial charge in [0, 0.05) is 97.8 Å². The Hall–Kier alpha value is -11.7. The highest BCUT2D eigenvalue weighted by atomic mass is 19.4. The smallest absolute Gasteiger partial charge is 0.393 e. The molecule has 1 fully saturated rings. The number of nitrogens with zero attached hydrogens (tertiary/aromatic N) is 4. The van der Waals surface area contributed by atoms with Crippen LogP contribution in [0.5, 0.6) is 0 Å². The molecule has 0 saturated carbocycles. The van der Waals surface area contributed by atoms with Crippen LogP contribution in [0.3, 0.4) is 0 Å². The Morgan fingerprint density at radius 3 is 1.26 bits per heavy atom. The van der Waals surface area contributed by atoms with Gasteiger partial charge in [0.25, 0.3) is 47.3 Å². The van der Waals surface area contributed by atoms with Crippen molar-refractivity contribution in [2.75, 3.05) is 34.4 Å². The number of aryl methyl sites for hydroxylation is 8. The lowest BCUT2D eigenvalue weighted by Crippen LogP contribution is -2.49. The molecular formula is C81H88F15N11O9. The number of aliphatic hydroxyl groups is 1. The van der Waals surface area contributed by atoms with E-state index in [9.17, 15) is 101 Å². The van der Waals surface area contributed by atoms with Crippen LogP contribution in [0.25, 0.3) is 6.08 Å². The number of nitrogens with one attached hydrogen (secondary N) is 7. The first-order valence-electron chi connectivity index (χ1n) is 35.4. The normalized spacial score (nSPS) is 13.1. The van der Waals surface area contributed by atoms with Crippen LogP contribution >= 0.6 is 0 Å². The Morgan fingerprint density at radius 2 is 0.853 bits per heavy atom. The predicted octanol–water partition coefficient (Wildman–Crippen LogP) is 16.1. The summed E-state index contributed by atoms with van der Waals surface area (Å²) in [6, 6.07) is 17.6. The van der Waals surface area contributed by atoms with Crippen molar-refractivity contribution >= 4 is 76.1 Å². The molecule has 0 bridgehead atoms. The van der Waals surface area contributed by atoms with Gasteiger partial charge in [-0.25, -0.2) is 17.6 Å². The topological polar surface area (TPSA) is 259 Å². The largest absolute Gasteiger partial charge is 0.408 e. The summed E-state index contributed by atoms with van der Waals surface area (Å²) in [5, 5.41) is 25.2. The van der Waals surface area contributed by atoms with Gasteiger partial charge in [-0.05, 0) is 233 Å². The van der Waals surface area contributed by atoms with E-state index < -0.39 is 152 Å². The molecule has 626 valence electrons. The van der Waals surface area contributed by atoms with Crippen LogP contribution in [0, 0.1) is 64.8 Å². The minimum Gasteiger partial charge on any atom is -0.393 e. The van der Waals surface area contributed by atoms with Gasteiger partial charge in [-0.2, -0.15) is 48.3 Å². The number of carbonyl (C=O) groups excluding carboxylic acids is 8. The zero-order valence-electron chi connectivity index (χ0n) is 65.9. The van der Waals surface area contributed by atoms with E-state index in [1.165, 1.54) is 151 Å². The Kier molecular flexibility index (Phi) is 29.3. The highest BCUT2D eigenvalue weighted by molar-refractivity contribution is 6.09. The Morgan fingerprint density at radius 1 is 0.466 bits per heavy atom. The van der Waals surface area contributed by atoms with Crippen molar-refractivity contribution in [3.8, 4) is 0 Å². The number of likely N-dealkylation sites (tertiary alicyclic amines) is 1. The van der Waals surface area contributed by atoms with E-state index in [0.717, 1.165) is 50.0 Å². The number of hydrogen-bond acceptors (Lipinski definition) is 9. The van der Waals surface area contributed by atoms with Gasteiger partial charge in [-0.1, -0.05) is 18.7 Å². The van der Waals surface area contributed by atoms with E-state index in [1.807, 2.05) is 0 Å². The number of carbonyl (C=O) groups is 8. The highest BCUT2D eigenvalue weighted by Gasteiger charge is 2.52. The third kappa shape index (κ3) is 22.9. The molecule has 1 aliphatic rings. The Balaban J connectivity index is 0.000000241.